The van der Waals surface area contributed by atoms with Gasteiger partial charge in [-0.25, -0.2) is 9.37 Å². The molecule has 0 unspecified atom stereocenters. The summed E-state index contributed by atoms with van der Waals surface area (Å²) in [6, 6.07) is 2.81. The molecule has 0 aliphatic carbocycles. The molecule has 0 spiro atoms. The largest absolute Gasteiger partial charge is 0.494 e. The molecular weight excluding hydrogens is 261 g/mol. The average Bonchev–Trinajstić information content (AvgIpc) is 2.68. The van der Waals surface area contributed by atoms with Gasteiger partial charge in [0.25, 0.3) is 0 Å². The first-order valence-electron chi connectivity index (χ1n) is 4.71. The number of methoxy groups -OCH3 is 1. The van der Waals surface area contributed by atoms with E-state index in [0.29, 0.717) is 16.4 Å². The van der Waals surface area contributed by atoms with Crippen LogP contribution in [0.1, 0.15) is 5.82 Å². The molecule has 0 aliphatic rings. The van der Waals surface area contributed by atoms with E-state index in [1.807, 2.05) is 6.92 Å². The van der Waals surface area contributed by atoms with Crippen LogP contribution in [0.2, 0.25) is 0 Å². The highest BCUT2D eigenvalue weighted by Gasteiger charge is 2.11. The molecule has 7 heteroatoms. The topological polar surface area (TPSA) is 61.0 Å². The quantitative estimate of drug-likeness (QED) is 0.870. The summed E-state index contributed by atoms with van der Waals surface area (Å²) >= 11 is 2.63. The van der Waals surface area contributed by atoms with Gasteiger partial charge in [0.1, 0.15) is 5.82 Å². The molecule has 2 rings (SSSR count). The zero-order valence-electron chi connectivity index (χ0n) is 9.23. The third kappa shape index (κ3) is 2.67. The number of aromatic nitrogens is 2. The molecule has 0 radical (unpaired) electrons. The van der Waals surface area contributed by atoms with Crippen molar-refractivity contribution in [1.82, 2.24) is 9.36 Å². The number of ether oxygens (including phenoxy) is 1. The number of anilines is 1. The lowest BCUT2D eigenvalue weighted by atomic mass is 10.3. The van der Waals surface area contributed by atoms with Crippen molar-refractivity contribution in [2.45, 2.75) is 16.2 Å². The number of rotatable bonds is 3. The van der Waals surface area contributed by atoms with Crippen LogP contribution in [-0.4, -0.2) is 16.5 Å². The van der Waals surface area contributed by atoms with Crippen LogP contribution in [0, 0.1) is 12.7 Å². The fraction of sp³-hybridized carbons (Fsp3) is 0.200. The summed E-state index contributed by atoms with van der Waals surface area (Å²) in [6.45, 7) is 1.81. The first-order chi connectivity index (χ1) is 8.10. The molecule has 0 amide bonds. The third-order valence-electron chi connectivity index (χ3n) is 1.99. The van der Waals surface area contributed by atoms with E-state index in [4.69, 9.17) is 10.5 Å². The lowest BCUT2D eigenvalue weighted by molar-refractivity contribution is 0.385. The molecule has 17 heavy (non-hydrogen) atoms. The minimum atomic E-state index is -0.470. The summed E-state index contributed by atoms with van der Waals surface area (Å²) in [4.78, 5) is 4.91. The van der Waals surface area contributed by atoms with Crippen LogP contribution in [0.3, 0.4) is 0 Å². The smallest absolute Gasteiger partial charge is 0.174 e. The lowest BCUT2D eigenvalue weighted by Crippen LogP contribution is -1.94. The Bertz CT molecular complexity index is 544. The van der Waals surface area contributed by atoms with Crippen LogP contribution in [0.4, 0.5) is 10.1 Å². The molecule has 4 nitrogen and oxygen atoms in total. The van der Waals surface area contributed by atoms with E-state index in [2.05, 4.69) is 9.36 Å². The zero-order chi connectivity index (χ0) is 12.4. The summed E-state index contributed by atoms with van der Waals surface area (Å²) in [5.41, 5.74) is 6.10. The summed E-state index contributed by atoms with van der Waals surface area (Å²) in [7, 11) is 1.41. The number of nitrogen functional groups attached to an aromatic ring is 1. The highest BCUT2D eigenvalue weighted by Crippen LogP contribution is 2.36. The van der Waals surface area contributed by atoms with Gasteiger partial charge in [-0.05, 0) is 24.5 Å². The number of nitrogens with zero attached hydrogens (tertiary/aromatic N) is 2. The van der Waals surface area contributed by atoms with Gasteiger partial charge in [0.05, 0.1) is 7.11 Å². The Morgan fingerprint density at radius 3 is 2.82 bits per heavy atom. The van der Waals surface area contributed by atoms with E-state index in [1.165, 1.54) is 36.5 Å². The average molecular weight is 271 g/mol. The normalized spacial score (nSPS) is 10.5. The number of aryl methyl sites for hydroxylation is 1. The highest BCUT2D eigenvalue weighted by molar-refractivity contribution is 8.01. The Morgan fingerprint density at radius 2 is 2.24 bits per heavy atom. The minimum absolute atomic E-state index is 0.169. The van der Waals surface area contributed by atoms with Crippen molar-refractivity contribution in [3.8, 4) is 5.75 Å². The van der Waals surface area contributed by atoms with Crippen molar-refractivity contribution in [3.05, 3.63) is 23.8 Å². The summed E-state index contributed by atoms with van der Waals surface area (Å²) in [6.07, 6.45) is 0. The van der Waals surface area contributed by atoms with E-state index < -0.39 is 5.82 Å². The van der Waals surface area contributed by atoms with Crippen molar-refractivity contribution in [2.75, 3.05) is 12.8 Å². The van der Waals surface area contributed by atoms with Gasteiger partial charge in [-0.15, -0.1) is 0 Å². The van der Waals surface area contributed by atoms with E-state index in [1.54, 1.807) is 6.07 Å². The third-order valence-corrected chi connectivity index (χ3v) is 3.91. The molecule has 1 aromatic carbocycles. The molecule has 0 atom stereocenters. The standard InChI is InChI=1S/C10H10FN3OS2/c1-5-13-10(17-14-5)16-9-4-8(15-2)6(11)3-7(9)12/h3-4H,12H2,1-2H3. The molecule has 90 valence electrons. The Morgan fingerprint density at radius 1 is 1.47 bits per heavy atom. The van der Waals surface area contributed by atoms with Gasteiger partial charge in [-0.2, -0.15) is 4.37 Å². The maximum Gasteiger partial charge on any atom is 0.174 e. The van der Waals surface area contributed by atoms with Crippen LogP contribution in [0.15, 0.2) is 21.4 Å². The van der Waals surface area contributed by atoms with Gasteiger partial charge in [-0.3, -0.25) is 0 Å². The van der Waals surface area contributed by atoms with Crippen LogP contribution in [0.5, 0.6) is 5.75 Å². The first-order valence-corrected chi connectivity index (χ1v) is 6.30. The first kappa shape index (κ1) is 12.1. The molecule has 0 saturated carbocycles. The van der Waals surface area contributed by atoms with Crippen molar-refractivity contribution >= 4 is 29.0 Å². The Balaban J connectivity index is 2.32. The summed E-state index contributed by atoms with van der Waals surface area (Å²) in [5, 5.41) is 0. The maximum atomic E-state index is 13.3. The molecule has 0 saturated heterocycles. The van der Waals surface area contributed by atoms with Gasteiger partial charge in [-0.1, -0.05) is 11.8 Å². The number of hydrogen-bond donors (Lipinski definition) is 1. The van der Waals surface area contributed by atoms with Crippen molar-refractivity contribution in [3.63, 3.8) is 0 Å². The fourth-order valence-corrected chi connectivity index (χ4v) is 2.87. The molecule has 2 N–H and O–H groups in total. The minimum Gasteiger partial charge on any atom is -0.494 e. The lowest BCUT2D eigenvalue weighted by Gasteiger charge is -2.07. The van der Waals surface area contributed by atoms with E-state index in [-0.39, 0.29) is 5.75 Å². The van der Waals surface area contributed by atoms with Gasteiger partial charge in [0, 0.05) is 16.6 Å². The summed E-state index contributed by atoms with van der Waals surface area (Å²) in [5.74, 6) is 0.413. The Hall–Kier alpha value is -1.34. The monoisotopic (exact) mass is 271 g/mol. The second-order valence-electron chi connectivity index (χ2n) is 3.23. The maximum absolute atomic E-state index is 13.3. The van der Waals surface area contributed by atoms with Crippen molar-refractivity contribution in [1.29, 1.82) is 0 Å². The highest BCUT2D eigenvalue weighted by atomic mass is 32.2. The van der Waals surface area contributed by atoms with Gasteiger partial charge >= 0.3 is 0 Å². The second kappa shape index (κ2) is 4.89. The van der Waals surface area contributed by atoms with Gasteiger partial charge in [0.2, 0.25) is 0 Å². The number of halogens is 1. The Labute approximate surface area is 106 Å². The van der Waals surface area contributed by atoms with Crippen molar-refractivity contribution < 1.29 is 9.13 Å². The summed E-state index contributed by atoms with van der Waals surface area (Å²) < 4.78 is 23.1. The fourth-order valence-electron chi connectivity index (χ4n) is 1.21. The molecule has 0 bridgehead atoms. The number of hydrogen-bond acceptors (Lipinski definition) is 6. The molecule has 0 fully saturated rings. The molecule has 2 aromatic rings. The Kier molecular flexibility index (Phi) is 3.49. The van der Waals surface area contributed by atoms with Crippen LogP contribution in [0.25, 0.3) is 0 Å². The molecule has 1 heterocycles. The predicted octanol–water partition coefficient (Wildman–Crippen LogP) is 2.73. The van der Waals surface area contributed by atoms with E-state index >= 15 is 0 Å². The van der Waals surface area contributed by atoms with Crippen LogP contribution < -0.4 is 10.5 Å². The zero-order valence-corrected chi connectivity index (χ0v) is 10.9. The van der Waals surface area contributed by atoms with Crippen molar-refractivity contribution in [2.24, 2.45) is 0 Å². The SMILES string of the molecule is COc1cc(Sc2nc(C)ns2)c(N)cc1F. The molecular formula is C10H10FN3OS2. The number of benzene rings is 1. The predicted molar refractivity (Wildman–Crippen MR) is 66.1 cm³/mol. The van der Waals surface area contributed by atoms with Crippen LogP contribution in [-0.2, 0) is 0 Å². The van der Waals surface area contributed by atoms with E-state index in [9.17, 15) is 4.39 Å². The second-order valence-corrected chi connectivity index (χ2v) is 5.28. The molecule has 1 aromatic heterocycles. The number of nitrogens with two attached hydrogens (primary N) is 1. The molecule has 0 aliphatic heterocycles. The van der Waals surface area contributed by atoms with Gasteiger partial charge < -0.3 is 10.5 Å². The van der Waals surface area contributed by atoms with Crippen LogP contribution >= 0.6 is 23.3 Å². The van der Waals surface area contributed by atoms with Gasteiger partial charge in [0.15, 0.2) is 15.9 Å². The van der Waals surface area contributed by atoms with E-state index in [0.717, 1.165) is 4.34 Å².